The van der Waals surface area contributed by atoms with E-state index in [0.29, 0.717) is 5.69 Å². The zero-order valence-corrected chi connectivity index (χ0v) is 12.2. The van der Waals surface area contributed by atoms with E-state index in [9.17, 15) is 9.59 Å². The number of amides is 1. The smallest absolute Gasteiger partial charge is 0.328 e. The van der Waals surface area contributed by atoms with Gasteiger partial charge in [0.1, 0.15) is 6.04 Å². The van der Waals surface area contributed by atoms with Crippen LogP contribution >= 0.6 is 0 Å². The quantitative estimate of drug-likeness (QED) is 0.610. The van der Waals surface area contributed by atoms with Gasteiger partial charge in [0.2, 0.25) is 5.91 Å². The van der Waals surface area contributed by atoms with Crippen LogP contribution in [-0.2, 0) is 20.7 Å². The van der Waals surface area contributed by atoms with Crippen molar-refractivity contribution < 1.29 is 14.3 Å². The molecule has 2 unspecified atom stereocenters. The summed E-state index contributed by atoms with van der Waals surface area (Å²) in [4.78, 5) is 23.7. The number of hydrogen-bond donors (Lipinski definition) is 2. The van der Waals surface area contributed by atoms with Gasteiger partial charge in [-0.25, -0.2) is 4.79 Å². The minimum atomic E-state index is -0.612. The van der Waals surface area contributed by atoms with Gasteiger partial charge in [-0.3, -0.25) is 4.79 Å². The first-order valence-electron chi connectivity index (χ1n) is 6.69. The van der Waals surface area contributed by atoms with Gasteiger partial charge in [-0.05, 0) is 23.6 Å². The van der Waals surface area contributed by atoms with Gasteiger partial charge in [0.25, 0.3) is 0 Å². The average molecular weight is 278 g/mol. The van der Waals surface area contributed by atoms with Gasteiger partial charge >= 0.3 is 5.97 Å². The molecule has 0 aromatic heterocycles. The zero-order chi connectivity index (χ0) is 15.1. The predicted molar refractivity (Wildman–Crippen MR) is 78.0 cm³/mol. The van der Waals surface area contributed by atoms with Crippen molar-refractivity contribution in [3.05, 3.63) is 29.8 Å². The summed E-state index contributed by atoms with van der Waals surface area (Å²) in [6, 6.07) is 6.52. The molecule has 0 spiro atoms. The number of nitrogens with two attached hydrogens (primary N) is 1. The minimum Gasteiger partial charge on any atom is -0.467 e. The van der Waals surface area contributed by atoms with E-state index in [0.717, 1.165) is 12.0 Å². The number of anilines is 1. The Morgan fingerprint density at radius 1 is 1.40 bits per heavy atom. The SMILES string of the molecule is CCC(C)C(NC(=O)Cc1cccc(N)c1)C(=O)OC. The van der Waals surface area contributed by atoms with Crippen molar-refractivity contribution in [1.82, 2.24) is 5.32 Å². The molecular weight excluding hydrogens is 256 g/mol. The van der Waals surface area contributed by atoms with E-state index in [-0.39, 0.29) is 18.2 Å². The highest BCUT2D eigenvalue weighted by Crippen LogP contribution is 2.11. The molecule has 5 heteroatoms. The van der Waals surface area contributed by atoms with E-state index in [1.54, 1.807) is 18.2 Å². The summed E-state index contributed by atoms with van der Waals surface area (Å²) in [6.07, 6.45) is 0.966. The first-order valence-corrected chi connectivity index (χ1v) is 6.69. The third-order valence-corrected chi connectivity index (χ3v) is 3.30. The lowest BCUT2D eigenvalue weighted by Gasteiger charge is -2.21. The van der Waals surface area contributed by atoms with Crippen LogP contribution in [0.5, 0.6) is 0 Å². The fraction of sp³-hybridized carbons (Fsp3) is 0.467. The van der Waals surface area contributed by atoms with Gasteiger partial charge in [-0.1, -0.05) is 32.4 Å². The molecule has 2 atom stereocenters. The Bertz CT molecular complexity index is 474. The Morgan fingerprint density at radius 2 is 2.10 bits per heavy atom. The number of nitrogens with one attached hydrogen (secondary N) is 1. The van der Waals surface area contributed by atoms with Gasteiger partial charge in [0.15, 0.2) is 0 Å². The number of esters is 1. The van der Waals surface area contributed by atoms with Crippen LogP contribution in [0.25, 0.3) is 0 Å². The van der Waals surface area contributed by atoms with E-state index in [1.165, 1.54) is 7.11 Å². The molecule has 1 aromatic carbocycles. The van der Waals surface area contributed by atoms with E-state index < -0.39 is 12.0 Å². The Balaban J connectivity index is 2.69. The highest BCUT2D eigenvalue weighted by atomic mass is 16.5. The third kappa shape index (κ3) is 4.57. The van der Waals surface area contributed by atoms with Crippen molar-refractivity contribution in [2.75, 3.05) is 12.8 Å². The van der Waals surface area contributed by atoms with Crippen LogP contribution in [0, 0.1) is 5.92 Å². The monoisotopic (exact) mass is 278 g/mol. The highest BCUT2D eigenvalue weighted by molar-refractivity contribution is 5.85. The molecular formula is C15H22N2O3. The molecule has 0 aliphatic carbocycles. The van der Waals surface area contributed by atoms with E-state index >= 15 is 0 Å². The molecule has 1 aromatic rings. The van der Waals surface area contributed by atoms with Crippen molar-refractivity contribution >= 4 is 17.6 Å². The highest BCUT2D eigenvalue weighted by Gasteiger charge is 2.26. The molecule has 0 aliphatic heterocycles. The third-order valence-electron chi connectivity index (χ3n) is 3.30. The van der Waals surface area contributed by atoms with E-state index in [2.05, 4.69) is 5.32 Å². The van der Waals surface area contributed by atoms with Gasteiger partial charge in [0, 0.05) is 5.69 Å². The van der Waals surface area contributed by atoms with Crippen LogP contribution in [-0.4, -0.2) is 25.0 Å². The van der Waals surface area contributed by atoms with Gasteiger partial charge < -0.3 is 15.8 Å². The second-order valence-corrected chi connectivity index (χ2v) is 4.88. The average Bonchev–Trinajstić information content (AvgIpc) is 2.43. The molecule has 1 amide bonds. The number of hydrogen-bond acceptors (Lipinski definition) is 4. The largest absolute Gasteiger partial charge is 0.467 e. The number of ether oxygens (including phenoxy) is 1. The molecule has 3 N–H and O–H groups in total. The molecule has 0 saturated carbocycles. The van der Waals surface area contributed by atoms with Gasteiger partial charge in [-0.2, -0.15) is 0 Å². The van der Waals surface area contributed by atoms with Crippen LogP contribution < -0.4 is 11.1 Å². The summed E-state index contributed by atoms with van der Waals surface area (Å²) in [5.41, 5.74) is 7.10. The van der Waals surface area contributed by atoms with Crippen molar-refractivity contribution in [3.8, 4) is 0 Å². The maximum Gasteiger partial charge on any atom is 0.328 e. The lowest BCUT2D eigenvalue weighted by Crippen LogP contribution is -2.46. The topological polar surface area (TPSA) is 81.4 Å². The summed E-state index contributed by atoms with van der Waals surface area (Å²) >= 11 is 0. The second-order valence-electron chi connectivity index (χ2n) is 4.88. The van der Waals surface area contributed by atoms with E-state index in [1.807, 2.05) is 19.9 Å². The molecule has 20 heavy (non-hydrogen) atoms. The standard InChI is InChI=1S/C15H22N2O3/c1-4-10(2)14(15(19)20-3)17-13(18)9-11-6-5-7-12(16)8-11/h5-8,10,14H,4,9,16H2,1-3H3,(H,17,18). The van der Waals surface area contributed by atoms with Crippen molar-refractivity contribution in [2.45, 2.75) is 32.7 Å². The van der Waals surface area contributed by atoms with Gasteiger partial charge in [0.05, 0.1) is 13.5 Å². The Labute approximate surface area is 119 Å². The van der Waals surface area contributed by atoms with Gasteiger partial charge in [-0.15, -0.1) is 0 Å². The Morgan fingerprint density at radius 3 is 2.65 bits per heavy atom. The molecule has 0 aliphatic rings. The predicted octanol–water partition coefficient (Wildman–Crippen LogP) is 1.52. The number of methoxy groups -OCH3 is 1. The van der Waals surface area contributed by atoms with Crippen molar-refractivity contribution in [3.63, 3.8) is 0 Å². The van der Waals surface area contributed by atoms with Crippen LogP contribution in [0.1, 0.15) is 25.8 Å². The maximum atomic E-state index is 12.0. The van der Waals surface area contributed by atoms with Crippen molar-refractivity contribution in [1.29, 1.82) is 0 Å². The number of rotatable bonds is 6. The summed E-state index contributed by atoms with van der Waals surface area (Å²) in [5, 5.41) is 2.73. The summed E-state index contributed by atoms with van der Waals surface area (Å²) < 4.78 is 4.73. The molecule has 0 bridgehead atoms. The fourth-order valence-electron chi connectivity index (χ4n) is 1.91. The first-order chi connectivity index (χ1) is 9.47. The number of carbonyl (C=O) groups excluding carboxylic acids is 2. The lowest BCUT2D eigenvalue weighted by molar-refractivity contribution is -0.146. The number of carbonyl (C=O) groups is 2. The summed E-state index contributed by atoms with van der Waals surface area (Å²) in [5.74, 6) is -0.612. The fourth-order valence-corrected chi connectivity index (χ4v) is 1.91. The van der Waals surface area contributed by atoms with Crippen LogP contribution in [0.2, 0.25) is 0 Å². The second kappa shape index (κ2) is 7.53. The minimum absolute atomic E-state index is 0.0206. The van der Waals surface area contributed by atoms with Crippen LogP contribution in [0.3, 0.4) is 0 Å². The molecule has 110 valence electrons. The molecule has 0 saturated heterocycles. The summed E-state index contributed by atoms with van der Waals surface area (Å²) in [6.45, 7) is 3.87. The maximum absolute atomic E-state index is 12.0. The number of benzene rings is 1. The summed E-state index contributed by atoms with van der Waals surface area (Å²) in [7, 11) is 1.32. The lowest BCUT2D eigenvalue weighted by atomic mass is 9.99. The molecule has 0 heterocycles. The first kappa shape index (κ1) is 16.0. The molecule has 0 fully saturated rings. The Kier molecular flexibility index (Phi) is 6.03. The van der Waals surface area contributed by atoms with Crippen LogP contribution in [0.15, 0.2) is 24.3 Å². The Hall–Kier alpha value is -2.04. The van der Waals surface area contributed by atoms with Crippen molar-refractivity contribution in [2.24, 2.45) is 5.92 Å². The number of nitrogen functional groups attached to an aromatic ring is 1. The molecule has 0 radical (unpaired) electrons. The molecule has 1 rings (SSSR count). The van der Waals surface area contributed by atoms with Crippen LogP contribution in [0.4, 0.5) is 5.69 Å². The zero-order valence-electron chi connectivity index (χ0n) is 12.2. The molecule has 5 nitrogen and oxygen atoms in total. The normalized spacial score (nSPS) is 13.3. The van der Waals surface area contributed by atoms with E-state index in [4.69, 9.17) is 10.5 Å².